The van der Waals surface area contributed by atoms with Crippen LogP contribution in [0.5, 0.6) is 0 Å². The standard InChI is InChI=1S/C17H30N2O6S/c1-3-9-24-16(22)8-6-14(20)13(11-26)19-15(21)7-5-12(18)17(23)25-10-4-2/h12-13,26H,3-11,18H2,1-2H3,(H,19,21)/t12-,13-/m0/s1. The molecule has 9 heteroatoms. The number of amides is 1. The molecular formula is C17H30N2O6S. The van der Waals surface area contributed by atoms with Crippen LogP contribution in [0.2, 0.25) is 0 Å². The Morgan fingerprint density at radius 3 is 2.19 bits per heavy atom. The summed E-state index contributed by atoms with van der Waals surface area (Å²) in [6, 6.07) is -1.68. The summed E-state index contributed by atoms with van der Waals surface area (Å²) in [7, 11) is 0. The van der Waals surface area contributed by atoms with E-state index >= 15 is 0 Å². The van der Waals surface area contributed by atoms with Crippen LogP contribution >= 0.6 is 12.6 Å². The van der Waals surface area contributed by atoms with Crippen LogP contribution in [0, 0.1) is 0 Å². The maximum Gasteiger partial charge on any atom is 0.322 e. The molecule has 8 nitrogen and oxygen atoms in total. The lowest BCUT2D eigenvalue weighted by Gasteiger charge is -2.16. The second kappa shape index (κ2) is 14.5. The molecule has 0 aromatic carbocycles. The molecule has 26 heavy (non-hydrogen) atoms. The van der Waals surface area contributed by atoms with Crippen LogP contribution in [0.3, 0.4) is 0 Å². The van der Waals surface area contributed by atoms with Crippen LogP contribution in [0.25, 0.3) is 0 Å². The number of esters is 2. The molecule has 0 saturated heterocycles. The van der Waals surface area contributed by atoms with Crippen LogP contribution in [0.4, 0.5) is 0 Å². The van der Waals surface area contributed by atoms with Gasteiger partial charge in [-0.2, -0.15) is 12.6 Å². The lowest BCUT2D eigenvalue weighted by molar-refractivity contribution is -0.145. The highest BCUT2D eigenvalue weighted by atomic mass is 32.1. The van der Waals surface area contributed by atoms with E-state index in [4.69, 9.17) is 15.2 Å². The Bertz CT molecular complexity index is 472. The van der Waals surface area contributed by atoms with Crippen molar-refractivity contribution in [2.24, 2.45) is 5.73 Å². The van der Waals surface area contributed by atoms with Crippen molar-refractivity contribution in [1.82, 2.24) is 5.32 Å². The van der Waals surface area contributed by atoms with Gasteiger partial charge in [-0.1, -0.05) is 13.8 Å². The number of carbonyl (C=O) groups excluding carboxylic acids is 4. The molecule has 0 aliphatic carbocycles. The summed E-state index contributed by atoms with van der Waals surface area (Å²) in [6.07, 6.45) is 1.44. The van der Waals surface area contributed by atoms with E-state index in [9.17, 15) is 19.2 Å². The quantitative estimate of drug-likeness (QED) is 0.295. The first-order valence-corrected chi connectivity index (χ1v) is 9.49. The van der Waals surface area contributed by atoms with Gasteiger partial charge in [-0.05, 0) is 19.3 Å². The van der Waals surface area contributed by atoms with Gasteiger partial charge in [-0.25, -0.2) is 0 Å². The molecule has 0 bridgehead atoms. The van der Waals surface area contributed by atoms with Crippen molar-refractivity contribution < 1.29 is 28.7 Å². The predicted octanol–water partition coefficient (Wildman–Crippen LogP) is 0.764. The van der Waals surface area contributed by atoms with Crippen molar-refractivity contribution in [2.75, 3.05) is 19.0 Å². The van der Waals surface area contributed by atoms with E-state index in [-0.39, 0.29) is 43.8 Å². The highest BCUT2D eigenvalue weighted by Gasteiger charge is 2.22. The number of hydrogen-bond acceptors (Lipinski definition) is 8. The molecule has 0 fully saturated rings. The van der Waals surface area contributed by atoms with E-state index in [1.807, 2.05) is 13.8 Å². The zero-order valence-electron chi connectivity index (χ0n) is 15.5. The number of nitrogens with one attached hydrogen (secondary N) is 1. The van der Waals surface area contributed by atoms with E-state index < -0.39 is 29.9 Å². The summed E-state index contributed by atoms with van der Waals surface area (Å²) in [6.45, 7) is 4.35. The number of carbonyl (C=O) groups is 4. The number of thiol groups is 1. The van der Waals surface area contributed by atoms with Gasteiger partial charge in [0.15, 0.2) is 5.78 Å². The van der Waals surface area contributed by atoms with E-state index in [0.29, 0.717) is 19.4 Å². The largest absolute Gasteiger partial charge is 0.466 e. The van der Waals surface area contributed by atoms with Crippen LogP contribution in [0.1, 0.15) is 52.4 Å². The van der Waals surface area contributed by atoms with Gasteiger partial charge in [0.25, 0.3) is 0 Å². The summed E-state index contributed by atoms with van der Waals surface area (Å²) >= 11 is 4.06. The SMILES string of the molecule is CCCOC(=O)CCC(=O)[C@H](CS)NC(=O)CC[C@H](N)C(=O)OCCC. The molecule has 0 aromatic heterocycles. The summed E-state index contributed by atoms with van der Waals surface area (Å²) < 4.78 is 9.80. The number of hydrogen-bond donors (Lipinski definition) is 3. The van der Waals surface area contributed by atoms with Crippen LogP contribution < -0.4 is 11.1 Å². The van der Waals surface area contributed by atoms with Crippen molar-refractivity contribution in [1.29, 1.82) is 0 Å². The normalized spacial score (nSPS) is 12.8. The maximum atomic E-state index is 12.1. The number of ketones is 1. The molecule has 0 aromatic rings. The molecule has 0 unspecified atom stereocenters. The van der Waals surface area contributed by atoms with Crippen molar-refractivity contribution in [3.63, 3.8) is 0 Å². The van der Waals surface area contributed by atoms with E-state index in [2.05, 4.69) is 17.9 Å². The summed E-state index contributed by atoms with van der Waals surface area (Å²) in [5, 5.41) is 2.55. The van der Waals surface area contributed by atoms with Crippen molar-refractivity contribution >= 4 is 36.3 Å². The summed E-state index contributed by atoms with van der Waals surface area (Å²) in [5.41, 5.74) is 5.66. The molecule has 3 N–H and O–H groups in total. The van der Waals surface area contributed by atoms with E-state index in [1.54, 1.807) is 0 Å². The molecule has 0 heterocycles. The average Bonchev–Trinajstić information content (AvgIpc) is 2.64. The highest BCUT2D eigenvalue weighted by molar-refractivity contribution is 7.80. The van der Waals surface area contributed by atoms with Crippen molar-refractivity contribution in [3.8, 4) is 0 Å². The van der Waals surface area contributed by atoms with Gasteiger partial charge < -0.3 is 20.5 Å². The monoisotopic (exact) mass is 390 g/mol. The third-order valence-electron chi connectivity index (χ3n) is 3.38. The lowest BCUT2D eigenvalue weighted by atomic mass is 10.1. The fraction of sp³-hybridized carbons (Fsp3) is 0.765. The van der Waals surface area contributed by atoms with Crippen LogP contribution in [-0.4, -0.2) is 54.7 Å². The van der Waals surface area contributed by atoms with Crippen LogP contribution in [0.15, 0.2) is 0 Å². The maximum absolute atomic E-state index is 12.1. The van der Waals surface area contributed by atoms with Gasteiger partial charge >= 0.3 is 11.9 Å². The first kappa shape index (κ1) is 24.4. The Morgan fingerprint density at radius 1 is 1.00 bits per heavy atom. The Morgan fingerprint density at radius 2 is 1.62 bits per heavy atom. The Hall–Kier alpha value is -1.61. The van der Waals surface area contributed by atoms with Gasteiger partial charge in [-0.3, -0.25) is 19.2 Å². The fourth-order valence-corrected chi connectivity index (χ4v) is 2.19. The zero-order chi connectivity index (χ0) is 19.9. The highest BCUT2D eigenvalue weighted by Crippen LogP contribution is 2.03. The summed E-state index contributed by atoms with van der Waals surface area (Å²) in [5.74, 6) is -1.59. The fourth-order valence-electron chi connectivity index (χ4n) is 1.90. The Kier molecular flexibility index (Phi) is 13.6. The molecule has 0 spiro atoms. The molecule has 2 atom stereocenters. The first-order valence-electron chi connectivity index (χ1n) is 8.86. The van der Waals surface area contributed by atoms with Crippen molar-refractivity contribution in [2.45, 2.75) is 64.5 Å². The van der Waals surface area contributed by atoms with Crippen LogP contribution in [-0.2, 0) is 28.7 Å². The minimum Gasteiger partial charge on any atom is -0.466 e. The van der Waals surface area contributed by atoms with Crippen molar-refractivity contribution in [3.05, 3.63) is 0 Å². The Balaban J connectivity index is 4.23. The van der Waals surface area contributed by atoms with E-state index in [0.717, 1.165) is 0 Å². The van der Waals surface area contributed by atoms with E-state index in [1.165, 1.54) is 0 Å². The Labute approximate surface area is 159 Å². The minimum atomic E-state index is -0.884. The molecule has 0 rings (SSSR count). The molecule has 0 aliphatic heterocycles. The molecule has 0 saturated carbocycles. The second-order valence-electron chi connectivity index (χ2n) is 5.80. The predicted molar refractivity (Wildman–Crippen MR) is 99.7 cm³/mol. The third-order valence-corrected chi connectivity index (χ3v) is 3.75. The first-order chi connectivity index (χ1) is 12.3. The lowest BCUT2D eigenvalue weighted by Crippen LogP contribution is -2.43. The summed E-state index contributed by atoms with van der Waals surface area (Å²) in [4.78, 5) is 47.0. The molecule has 0 radical (unpaired) electrons. The number of nitrogens with two attached hydrogens (primary N) is 1. The van der Waals surface area contributed by atoms with Gasteiger partial charge in [0.1, 0.15) is 6.04 Å². The van der Waals surface area contributed by atoms with Gasteiger partial charge in [0.2, 0.25) is 5.91 Å². The number of ether oxygens (including phenoxy) is 2. The molecule has 0 aliphatic rings. The smallest absolute Gasteiger partial charge is 0.322 e. The topological polar surface area (TPSA) is 125 Å². The van der Waals surface area contributed by atoms with Gasteiger partial charge in [-0.15, -0.1) is 0 Å². The number of Topliss-reactive ketones (excluding diaryl/α,β-unsaturated/α-hetero) is 1. The van der Waals surface area contributed by atoms with Gasteiger partial charge in [0, 0.05) is 18.6 Å². The zero-order valence-corrected chi connectivity index (χ0v) is 16.4. The number of rotatable bonds is 14. The van der Waals surface area contributed by atoms with Gasteiger partial charge in [0.05, 0.1) is 25.7 Å². The molecule has 1 amide bonds. The third kappa shape index (κ3) is 11.1. The minimum absolute atomic E-state index is 0.0154. The molecular weight excluding hydrogens is 360 g/mol. The average molecular weight is 391 g/mol. The second-order valence-corrected chi connectivity index (χ2v) is 6.17. The molecule has 150 valence electrons.